The number of hydrogen-bond acceptors (Lipinski definition) is 4. The first-order valence-electron chi connectivity index (χ1n) is 10.0. The predicted molar refractivity (Wildman–Crippen MR) is 104 cm³/mol. The quantitative estimate of drug-likeness (QED) is 0.841. The van der Waals surface area contributed by atoms with Crippen LogP contribution in [0.1, 0.15) is 58.8 Å². The fourth-order valence-corrected chi connectivity index (χ4v) is 3.87. The third-order valence-electron chi connectivity index (χ3n) is 5.38. The first kappa shape index (κ1) is 19.7. The van der Waals surface area contributed by atoms with Gasteiger partial charge in [0.05, 0.1) is 31.7 Å². The van der Waals surface area contributed by atoms with Gasteiger partial charge in [-0.15, -0.1) is 5.10 Å². The molecule has 1 saturated heterocycles. The van der Waals surface area contributed by atoms with E-state index in [1.54, 1.807) is 4.90 Å². The number of hydrogen-bond donors (Lipinski definition) is 1. The Hall–Kier alpha value is -2.02. The fraction of sp³-hybridized carbons (Fsp3) is 0.650. The summed E-state index contributed by atoms with van der Waals surface area (Å²) < 4.78 is 15.2. The van der Waals surface area contributed by atoms with Crippen LogP contribution in [0.4, 0.5) is 10.1 Å². The molecule has 0 amide bonds. The number of nitrogens with one attached hydrogen (secondary N) is 1. The number of aromatic nitrogens is 4. The predicted octanol–water partition coefficient (Wildman–Crippen LogP) is 2.20. The van der Waals surface area contributed by atoms with Crippen molar-refractivity contribution in [3.05, 3.63) is 35.9 Å². The van der Waals surface area contributed by atoms with E-state index >= 15 is 0 Å². The zero-order valence-corrected chi connectivity index (χ0v) is 17.0. The van der Waals surface area contributed by atoms with Crippen molar-refractivity contribution < 1.29 is 9.29 Å². The van der Waals surface area contributed by atoms with Gasteiger partial charge in [-0.2, -0.15) is 0 Å². The summed E-state index contributed by atoms with van der Waals surface area (Å²) in [6.45, 7) is 12.6. The maximum Gasteiger partial charge on any atom is 0.209 e. The number of benzene rings is 1. The van der Waals surface area contributed by atoms with Gasteiger partial charge in [0.25, 0.3) is 0 Å². The maximum absolute atomic E-state index is 13.2. The molecular weight excluding hydrogens is 343 g/mol. The van der Waals surface area contributed by atoms with Gasteiger partial charge in [-0.3, -0.25) is 0 Å². The number of halogens is 1. The number of piperazine rings is 1. The van der Waals surface area contributed by atoms with Gasteiger partial charge in [-0.1, -0.05) is 13.3 Å². The molecular formula is C20H32FN6+. The largest absolute Gasteiger partial charge is 0.360 e. The van der Waals surface area contributed by atoms with Crippen molar-refractivity contribution >= 4 is 5.69 Å². The highest BCUT2D eigenvalue weighted by atomic mass is 19.1. The normalized spacial score (nSPS) is 17.3. The molecule has 1 atom stereocenters. The Morgan fingerprint density at radius 1 is 1.15 bits per heavy atom. The van der Waals surface area contributed by atoms with Gasteiger partial charge in [0, 0.05) is 12.1 Å². The van der Waals surface area contributed by atoms with Crippen molar-refractivity contribution in [3.63, 3.8) is 0 Å². The lowest BCUT2D eigenvalue weighted by Crippen LogP contribution is -3.15. The lowest BCUT2D eigenvalue weighted by Gasteiger charge is -2.37. The molecule has 1 aromatic heterocycles. The Labute approximate surface area is 161 Å². The molecule has 148 valence electrons. The fourth-order valence-electron chi connectivity index (χ4n) is 3.87. The number of quaternary nitrogens is 1. The zero-order chi connectivity index (χ0) is 19.4. The first-order chi connectivity index (χ1) is 12.9. The lowest BCUT2D eigenvalue weighted by molar-refractivity contribution is -0.933. The molecule has 2 heterocycles. The average Bonchev–Trinajstić information content (AvgIpc) is 3.13. The summed E-state index contributed by atoms with van der Waals surface area (Å²) in [4.78, 5) is 3.88. The van der Waals surface area contributed by atoms with E-state index in [2.05, 4.69) is 48.1 Å². The van der Waals surface area contributed by atoms with E-state index in [1.165, 1.54) is 25.0 Å². The van der Waals surface area contributed by atoms with E-state index in [0.29, 0.717) is 6.04 Å². The Balaban J connectivity index is 1.74. The van der Waals surface area contributed by atoms with Crippen LogP contribution < -0.4 is 9.80 Å². The number of rotatable bonds is 6. The van der Waals surface area contributed by atoms with E-state index in [-0.39, 0.29) is 11.4 Å². The molecule has 0 bridgehead atoms. The van der Waals surface area contributed by atoms with Crippen molar-refractivity contribution in [1.82, 2.24) is 20.2 Å². The van der Waals surface area contributed by atoms with Crippen LogP contribution in [0, 0.1) is 5.82 Å². The topological polar surface area (TPSA) is 51.3 Å². The van der Waals surface area contributed by atoms with E-state index in [1.807, 2.05) is 16.8 Å². The summed E-state index contributed by atoms with van der Waals surface area (Å²) in [7, 11) is 0. The molecule has 1 aromatic carbocycles. The third-order valence-corrected chi connectivity index (χ3v) is 5.38. The van der Waals surface area contributed by atoms with Crippen LogP contribution in [0.25, 0.3) is 0 Å². The Bertz CT molecular complexity index is 713. The van der Waals surface area contributed by atoms with Crippen molar-refractivity contribution in [2.45, 2.75) is 58.5 Å². The van der Waals surface area contributed by atoms with Crippen LogP contribution in [0.2, 0.25) is 0 Å². The molecule has 3 rings (SSSR count). The molecule has 0 unspecified atom stereocenters. The molecule has 7 heteroatoms. The van der Waals surface area contributed by atoms with E-state index in [9.17, 15) is 4.39 Å². The highest BCUT2D eigenvalue weighted by molar-refractivity contribution is 5.46. The Kier molecular flexibility index (Phi) is 6.09. The molecule has 0 aliphatic carbocycles. The number of tetrazole rings is 1. The highest BCUT2D eigenvalue weighted by Crippen LogP contribution is 2.21. The Morgan fingerprint density at radius 3 is 2.41 bits per heavy atom. The van der Waals surface area contributed by atoms with Crippen LogP contribution in [0.5, 0.6) is 0 Å². The lowest BCUT2D eigenvalue weighted by atomic mass is 10.0. The van der Waals surface area contributed by atoms with E-state index in [4.69, 9.17) is 0 Å². The van der Waals surface area contributed by atoms with Gasteiger partial charge in [0.15, 0.2) is 0 Å². The van der Waals surface area contributed by atoms with Gasteiger partial charge >= 0.3 is 0 Å². The van der Waals surface area contributed by atoms with Crippen molar-refractivity contribution in [3.8, 4) is 0 Å². The summed E-state index contributed by atoms with van der Waals surface area (Å²) in [6.07, 6.45) is 3.44. The SMILES string of the molecule is CCCC[C@H](c1nnnn1C(C)(C)C)[NH+]1CCN(c2ccc(F)cc2)CC1. The van der Waals surface area contributed by atoms with Crippen molar-refractivity contribution in [1.29, 1.82) is 0 Å². The van der Waals surface area contributed by atoms with Gasteiger partial charge in [-0.25, -0.2) is 9.07 Å². The van der Waals surface area contributed by atoms with Crippen LogP contribution in [-0.2, 0) is 5.54 Å². The molecule has 6 nitrogen and oxygen atoms in total. The second-order valence-electron chi connectivity index (χ2n) is 8.44. The van der Waals surface area contributed by atoms with Gasteiger partial charge < -0.3 is 9.80 Å². The summed E-state index contributed by atoms with van der Waals surface area (Å²) in [5, 5.41) is 12.7. The number of unbranched alkanes of at least 4 members (excludes halogenated alkanes) is 1. The van der Waals surface area contributed by atoms with Gasteiger partial charge in [-0.05, 0) is 61.9 Å². The van der Waals surface area contributed by atoms with Crippen LogP contribution in [0.3, 0.4) is 0 Å². The van der Waals surface area contributed by atoms with Crippen LogP contribution >= 0.6 is 0 Å². The molecule has 2 aromatic rings. The zero-order valence-electron chi connectivity index (χ0n) is 17.0. The van der Waals surface area contributed by atoms with Gasteiger partial charge in [0.1, 0.15) is 11.9 Å². The molecule has 1 aliphatic rings. The molecule has 1 fully saturated rings. The molecule has 1 N–H and O–H groups in total. The minimum Gasteiger partial charge on any atom is -0.360 e. The molecule has 1 aliphatic heterocycles. The third kappa shape index (κ3) is 4.64. The molecule has 0 radical (unpaired) electrons. The van der Waals surface area contributed by atoms with Crippen molar-refractivity contribution in [2.24, 2.45) is 0 Å². The maximum atomic E-state index is 13.2. The van der Waals surface area contributed by atoms with Crippen LogP contribution in [0.15, 0.2) is 24.3 Å². The van der Waals surface area contributed by atoms with Crippen LogP contribution in [-0.4, -0.2) is 46.4 Å². The summed E-state index contributed by atoms with van der Waals surface area (Å²) in [6, 6.07) is 7.13. The minimum absolute atomic E-state index is 0.126. The molecule has 27 heavy (non-hydrogen) atoms. The average molecular weight is 376 g/mol. The van der Waals surface area contributed by atoms with E-state index < -0.39 is 0 Å². The highest BCUT2D eigenvalue weighted by Gasteiger charge is 2.34. The monoisotopic (exact) mass is 375 g/mol. The smallest absolute Gasteiger partial charge is 0.209 e. The standard InChI is InChI=1S/C20H31FN6/c1-5-6-7-18(19-22-23-24-27(19)20(2,3)4)26-14-12-25(13-15-26)17-10-8-16(21)9-11-17/h8-11,18H,5-7,12-15H2,1-4H3/p+1/t18-/m1/s1. The van der Waals surface area contributed by atoms with Gasteiger partial charge in [0.2, 0.25) is 5.82 Å². The molecule has 0 spiro atoms. The van der Waals surface area contributed by atoms with E-state index in [0.717, 1.165) is 44.1 Å². The summed E-state index contributed by atoms with van der Waals surface area (Å²) in [5.74, 6) is 0.817. The Morgan fingerprint density at radius 2 is 1.81 bits per heavy atom. The first-order valence-corrected chi connectivity index (χ1v) is 10.0. The summed E-state index contributed by atoms with van der Waals surface area (Å²) >= 11 is 0. The minimum atomic E-state index is -0.184. The van der Waals surface area contributed by atoms with Crippen molar-refractivity contribution in [2.75, 3.05) is 31.1 Å². The summed E-state index contributed by atoms with van der Waals surface area (Å²) in [5.41, 5.74) is 0.971. The second-order valence-corrected chi connectivity index (χ2v) is 8.44. The second kappa shape index (κ2) is 8.33. The number of anilines is 1. The number of nitrogens with zero attached hydrogens (tertiary/aromatic N) is 5. The molecule has 0 saturated carbocycles.